The first-order valence-electron chi connectivity index (χ1n) is 6.36. The summed E-state index contributed by atoms with van der Waals surface area (Å²) in [6.45, 7) is 0. The molecule has 0 aromatic heterocycles. The lowest BCUT2D eigenvalue weighted by atomic mass is 9.80. The molecule has 2 aromatic carbocycles. The molecule has 0 saturated carbocycles. The maximum atomic E-state index is 6.18. The summed E-state index contributed by atoms with van der Waals surface area (Å²) in [4.78, 5) is 0. The predicted octanol–water partition coefficient (Wildman–Crippen LogP) is 6.14. The molecule has 0 spiro atoms. The number of fused-ring (bicyclic) bond motifs is 1. The molecule has 1 aliphatic rings. The first kappa shape index (κ1) is 13.7. The Morgan fingerprint density at radius 1 is 1.00 bits per heavy atom. The van der Waals surface area contributed by atoms with Gasteiger partial charge in [0.05, 0.1) is 5.02 Å². The molecule has 98 valence electrons. The summed E-state index contributed by atoms with van der Waals surface area (Å²) in [6, 6.07) is 13.1. The van der Waals surface area contributed by atoms with Crippen molar-refractivity contribution in [3.8, 4) is 0 Å². The van der Waals surface area contributed by atoms with Crippen LogP contribution >= 0.6 is 43.5 Å². The van der Waals surface area contributed by atoms with E-state index in [-0.39, 0.29) is 0 Å². The summed E-state index contributed by atoms with van der Waals surface area (Å²) in [5.74, 6) is 0.583. The summed E-state index contributed by atoms with van der Waals surface area (Å²) in [5, 5.41) is 0.750. The van der Waals surface area contributed by atoms with Gasteiger partial charge in [-0.05, 0) is 85.9 Å². The molecular formula is C16H13Br2Cl. The van der Waals surface area contributed by atoms with Gasteiger partial charge in [-0.15, -0.1) is 0 Å². The van der Waals surface area contributed by atoms with Gasteiger partial charge in [-0.3, -0.25) is 0 Å². The Balaban J connectivity index is 1.93. The van der Waals surface area contributed by atoms with Crippen molar-refractivity contribution < 1.29 is 0 Å². The predicted molar refractivity (Wildman–Crippen MR) is 88.1 cm³/mol. The minimum absolute atomic E-state index is 0.583. The molecule has 1 aliphatic carbocycles. The normalized spacial score (nSPS) is 18.2. The van der Waals surface area contributed by atoms with Crippen LogP contribution in [0.4, 0.5) is 0 Å². The van der Waals surface area contributed by atoms with Crippen molar-refractivity contribution in [3.63, 3.8) is 0 Å². The van der Waals surface area contributed by atoms with Crippen molar-refractivity contribution in [1.29, 1.82) is 0 Å². The molecule has 0 saturated heterocycles. The van der Waals surface area contributed by atoms with Crippen molar-refractivity contribution in [2.75, 3.05) is 0 Å². The number of halogens is 3. The van der Waals surface area contributed by atoms with Crippen molar-refractivity contribution in [1.82, 2.24) is 0 Å². The van der Waals surface area contributed by atoms with Gasteiger partial charge in [-0.1, -0.05) is 35.9 Å². The molecule has 0 fully saturated rings. The van der Waals surface area contributed by atoms with Crippen LogP contribution in [0, 0.1) is 0 Å². The van der Waals surface area contributed by atoms with E-state index in [1.165, 1.54) is 29.5 Å². The summed E-state index contributed by atoms with van der Waals surface area (Å²) in [5.41, 5.74) is 4.35. The van der Waals surface area contributed by atoms with Crippen LogP contribution in [0.25, 0.3) is 0 Å². The van der Waals surface area contributed by atoms with E-state index in [0.29, 0.717) is 5.92 Å². The lowest BCUT2D eigenvalue weighted by Gasteiger charge is -2.25. The summed E-state index contributed by atoms with van der Waals surface area (Å²) >= 11 is 13.2. The van der Waals surface area contributed by atoms with Crippen molar-refractivity contribution in [2.45, 2.75) is 25.2 Å². The monoisotopic (exact) mass is 398 g/mol. The second-order valence-electron chi connectivity index (χ2n) is 5.01. The number of hydrogen-bond acceptors (Lipinski definition) is 0. The lowest BCUT2D eigenvalue weighted by molar-refractivity contribution is 0.584. The molecule has 1 atom stereocenters. The zero-order valence-corrected chi connectivity index (χ0v) is 14.2. The van der Waals surface area contributed by atoms with E-state index in [4.69, 9.17) is 11.6 Å². The van der Waals surface area contributed by atoms with Gasteiger partial charge in [0, 0.05) is 8.95 Å². The standard InChI is InChI=1S/C16H13Br2Cl/c17-14-8-13(9-15(18)16(14)19)12-6-5-10-3-1-2-4-11(10)7-12/h1-4,8-9,12H,5-7H2. The van der Waals surface area contributed by atoms with Crippen molar-refractivity contribution in [3.05, 3.63) is 67.1 Å². The molecule has 0 bridgehead atoms. The maximum Gasteiger partial charge on any atom is 0.0690 e. The third-order valence-corrected chi connectivity index (χ3v) is 5.94. The molecule has 0 heterocycles. The minimum Gasteiger partial charge on any atom is -0.0819 e. The Bertz CT molecular complexity index is 599. The van der Waals surface area contributed by atoms with Gasteiger partial charge >= 0.3 is 0 Å². The Hall–Kier alpha value is -0.310. The van der Waals surface area contributed by atoms with E-state index in [0.717, 1.165) is 20.4 Å². The first-order chi connectivity index (χ1) is 9.15. The zero-order chi connectivity index (χ0) is 13.4. The lowest BCUT2D eigenvalue weighted by Crippen LogP contribution is -2.12. The first-order valence-corrected chi connectivity index (χ1v) is 8.33. The molecular weight excluding hydrogens is 387 g/mol. The van der Waals surface area contributed by atoms with E-state index in [1.807, 2.05) is 0 Å². The molecule has 3 rings (SSSR count). The van der Waals surface area contributed by atoms with Gasteiger partial charge in [0.15, 0.2) is 0 Å². The Morgan fingerprint density at radius 2 is 1.63 bits per heavy atom. The number of rotatable bonds is 1. The number of benzene rings is 2. The van der Waals surface area contributed by atoms with Crippen LogP contribution in [-0.2, 0) is 12.8 Å². The largest absolute Gasteiger partial charge is 0.0819 e. The van der Waals surface area contributed by atoms with Crippen LogP contribution in [0.3, 0.4) is 0 Å². The van der Waals surface area contributed by atoms with E-state index < -0.39 is 0 Å². The fourth-order valence-electron chi connectivity index (χ4n) is 2.79. The highest BCUT2D eigenvalue weighted by Gasteiger charge is 2.21. The molecule has 0 amide bonds. The molecule has 2 aromatic rings. The van der Waals surface area contributed by atoms with Crippen LogP contribution in [0.2, 0.25) is 5.02 Å². The van der Waals surface area contributed by atoms with Gasteiger partial charge in [-0.2, -0.15) is 0 Å². The minimum atomic E-state index is 0.583. The maximum absolute atomic E-state index is 6.18. The fourth-order valence-corrected chi connectivity index (χ4v) is 4.12. The third-order valence-electron chi connectivity index (χ3n) is 3.82. The van der Waals surface area contributed by atoms with E-state index in [2.05, 4.69) is 68.3 Å². The van der Waals surface area contributed by atoms with E-state index in [9.17, 15) is 0 Å². The van der Waals surface area contributed by atoms with E-state index >= 15 is 0 Å². The van der Waals surface area contributed by atoms with Crippen LogP contribution < -0.4 is 0 Å². The van der Waals surface area contributed by atoms with Gasteiger partial charge in [0.25, 0.3) is 0 Å². The topological polar surface area (TPSA) is 0 Å². The quantitative estimate of drug-likeness (QED) is 0.505. The third kappa shape index (κ3) is 2.76. The molecule has 0 nitrogen and oxygen atoms in total. The number of aryl methyl sites for hydroxylation is 1. The summed E-state index contributed by atoms with van der Waals surface area (Å²) < 4.78 is 1.94. The molecule has 0 radical (unpaired) electrons. The second-order valence-corrected chi connectivity index (χ2v) is 7.09. The van der Waals surface area contributed by atoms with Gasteiger partial charge in [0.1, 0.15) is 0 Å². The van der Waals surface area contributed by atoms with Crippen LogP contribution in [0.5, 0.6) is 0 Å². The molecule has 1 unspecified atom stereocenters. The highest BCUT2D eigenvalue weighted by molar-refractivity contribution is 9.11. The van der Waals surface area contributed by atoms with E-state index in [1.54, 1.807) is 0 Å². The Labute approximate surface area is 135 Å². The summed E-state index contributed by atoms with van der Waals surface area (Å²) in [7, 11) is 0. The van der Waals surface area contributed by atoms with Gasteiger partial charge in [0.2, 0.25) is 0 Å². The molecule has 0 aliphatic heterocycles. The molecule has 3 heteroatoms. The van der Waals surface area contributed by atoms with Crippen LogP contribution in [0.1, 0.15) is 29.0 Å². The fraction of sp³-hybridized carbons (Fsp3) is 0.250. The average Bonchev–Trinajstić information content (AvgIpc) is 2.43. The molecule has 19 heavy (non-hydrogen) atoms. The van der Waals surface area contributed by atoms with Crippen LogP contribution in [-0.4, -0.2) is 0 Å². The van der Waals surface area contributed by atoms with Crippen molar-refractivity contribution in [2.24, 2.45) is 0 Å². The summed E-state index contributed by atoms with van der Waals surface area (Å²) in [6.07, 6.45) is 3.49. The Kier molecular flexibility index (Phi) is 4.02. The highest BCUT2D eigenvalue weighted by atomic mass is 79.9. The highest BCUT2D eigenvalue weighted by Crippen LogP contribution is 2.38. The molecule has 0 N–H and O–H groups in total. The zero-order valence-electron chi connectivity index (χ0n) is 10.3. The van der Waals surface area contributed by atoms with Crippen LogP contribution in [0.15, 0.2) is 45.3 Å². The van der Waals surface area contributed by atoms with Crippen molar-refractivity contribution >= 4 is 43.5 Å². The smallest absolute Gasteiger partial charge is 0.0690 e. The average molecular weight is 401 g/mol. The van der Waals surface area contributed by atoms with Gasteiger partial charge < -0.3 is 0 Å². The van der Waals surface area contributed by atoms with Gasteiger partial charge in [-0.25, -0.2) is 0 Å². The number of hydrogen-bond donors (Lipinski definition) is 0. The Morgan fingerprint density at radius 3 is 2.32 bits per heavy atom. The second kappa shape index (κ2) is 5.59. The SMILES string of the molecule is Clc1c(Br)cc(C2CCc3ccccc3C2)cc1Br.